The Kier molecular flexibility index (Phi) is 5.48. The highest BCUT2D eigenvalue weighted by Gasteiger charge is 2.31. The summed E-state index contributed by atoms with van der Waals surface area (Å²) in [5.41, 5.74) is 0.214. The topological polar surface area (TPSA) is 69.6 Å². The number of aliphatic carboxylic acids is 1. The molecular weight excluding hydrogens is 268 g/mol. The predicted molar refractivity (Wildman–Crippen MR) is 81.2 cm³/mol. The number of likely N-dealkylation sites (tertiary alicyclic amines) is 1. The van der Waals surface area contributed by atoms with Gasteiger partial charge in [-0.3, -0.25) is 4.79 Å². The number of carbonyl (C=O) groups is 2. The minimum Gasteiger partial charge on any atom is -0.481 e. The molecule has 1 aliphatic carbocycles. The SMILES string of the molecule is CC1(CNC(=O)N2CCCCC2CC(=O)O)CCCCC1. The number of carboxylic acids is 1. The number of nitrogens with zero attached hydrogens (tertiary/aromatic N) is 1. The van der Waals surface area contributed by atoms with Crippen LogP contribution in [0, 0.1) is 5.41 Å². The molecule has 1 heterocycles. The largest absolute Gasteiger partial charge is 0.481 e. The van der Waals surface area contributed by atoms with Crippen LogP contribution < -0.4 is 5.32 Å². The molecule has 1 saturated carbocycles. The van der Waals surface area contributed by atoms with Gasteiger partial charge in [-0.05, 0) is 37.5 Å². The fourth-order valence-electron chi connectivity index (χ4n) is 3.65. The third-order valence-corrected chi connectivity index (χ3v) is 5.03. The molecule has 120 valence electrons. The van der Waals surface area contributed by atoms with Crippen molar-refractivity contribution in [1.82, 2.24) is 10.2 Å². The smallest absolute Gasteiger partial charge is 0.317 e. The minimum absolute atomic E-state index is 0.0602. The Hall–Kier alpha value is -1.26. The number of piperidine rings is 1. The van der Waals surface area contributed by atoms with Gasteiger partial charge in [0.05, 0.1) is 6.42 Å². The van der Waals surface area contributed by atoms with Gasteiger partial charge in [-0.25, -0.2) is 4.79 Å². The first-order valence-electron chi connectivity index (χ1n) is 8.26. The second-order valence-electron chi connectivity index (χ2n) is 6.97. The number of urea groups is 1. The van der Waals surface area contributed by atoms with E-state index in [4.69, 9.17) is 5.11 Å². The van der Waals surface area contributed by atoms with E-state index >= 15 is 0 Å². The zero-order valence-corrected chi connectivity index (χ0v) is 13.1. The molecule has 0 aromatic rings. The van der Waals surface area contributed by atoms with Crippen LogP contribution in [0.3, 0.4) is 0 Å². The molecular formula is C16H28N2O3. The van der Waals surface area contributed by atoms with E-state index in [1.165, 1.54) is 32.1 Å². The zero-order chi connectivity index (χ0) is 15.3. The van der Waals surface area contributed by atoms with Crippen molar-refractivity contribution < 1.29 is 14.7 Å². The highest BCUT2D eigenvalue weighted by molar-refractivity contribution is 5.76. The van der Waals surface area contributed by atoms with Gasteiger partial charge in [-0.1, -0.05) is 26.2 Å². The van der Waals surface area contributed by atoms with Crippen molar-refractivity contribution in [3.63, 3.8) is 0 Å². The van der Waals surface area contributed by atoms with Crippen molar-refractivity contribution in [3.8, 4) is 0 Å². The molecule has 0 spiro atoms. The summed E-state index contributed by atoms with van der Waals surface area (Å²) >= 11 is 0. The molecule has 0 aromatic heterocycles. The predicted octanol–water partition coefficient (Wildman–Crippen LogP) is 3.00. The number of nitrogens with one attached hydrogen (secondary N) is 1. The van der Waals surface area contributed by atoms with Crippen molar-refractivity contribution in [3.05, 3.63) is 0 Å². The first kappa shape index (κ1) is 16.1. The molecule has 0 radical (unpaired) electrons. The molecule has 2 N–H and O–H groups in total. The third-order valence-electron chi connectivity index (χ3n) is 5.03. The lowest BCUT2D eigenvalue weighted by atomic mass is 9.76. The van der Waals surface area contributed by atoms with Gasteiger partial charge in [0.1, 0.15) is 0 Å². The molecule has 0 aromatic carbocycles. The molecule has 2 fully saturated rings. The van der Waals surface area contributed by atoms with Crippen LogP contribution in [0.2, 0.25) is 0 Å². The Morgan fingerprint density at radius 2 is 1.90 bits per heavy atom. The maximum absolute atomic E-state index is 12.4. The van der Waals surface area contributed by atoms with Crippen LogP contribution in [-0.4, -0.2) is 41.1 Å². The summed E-state index contributed by atoms with van der Waals surface area (Å²) in [6, 6.07) is -0.219. The van der Waals surface area contributed by atoms with Crippen LogP contribution in [0.1, 0.15) is 64.7 Å². The molecule has 0 bridgehead atoms. The Morgan fingerprint density at radius 3 is 2.57 bits per heavy atom. The summed E-state index contributed by atoms with van der Waals surface area (Å²) in [4.78, 5) is 25.1. The second kappa shape index (κ2) is 7.14. The van der Waals surface area contributed by atoms with Gasteiger partial charge < -0.3 is 15.3 Å². The molecule has 1 saturated heterocycles. The summed E-state index contributed by atoms with van der Waals surface area (Å²) in [6.07, 6.45) is 8.99. The summed E-state index contributed by atoms with van der Waals surface area (Å²) < 4.78 is 0. The van der Waals surface area contributed by atoms with Gasteiger partial charge in [-0.2, -0.15) is 0 Å². The van der Waals surface area contributed by atoms with Crippen molar-refractivity contribution in [2.24, 2.45) is 5.41 Å². The summed E-state index contributed by atoms with van der Waals surface area (Å²) in [6.45, 7) is 3.64. The van der Waals surface area contributed by atoms with E-state index in [9.17, 15) is 9.59 Å². The average molecular weight is 296 g/mol. The highest BCUT2D eigenvalue weighted by atomic mass is 16.4. The monoisotopic (exact) mass is 296 g/mol. The fourth-order valence-corrected chi connectivity index (χ4v) is 3.65. The standard InChI is InChI=1S/C16H28N2O3/c1-16(8-4-2-5-9-16)12-17-15(21)18-10-6-3-7-13(18)11-14(19)20/h13H,2-12H2,1H3,(H,17,21)(H,19,20). The Balaban J connectivity index is 1.86. The number of hydrogen-bond donors (Lipinski definition) is 2. The van der Waals surface area contributed by atoms with E-state index in [2.05, 4.69) is 12.2 Å². The highest BCUT2D eigenvalue weighted by Crippen LogP contribution is 2.35. The number of rotatable bonds is 4. The van der Waals surface area contributed by atoms with Gasteiger partial charge in [-0.15, -0.1) is 0 Å². The first-order valence-corrected chi connectivity index (χ1v) is 8.26. The number of amides is 2. The molecule has 1 aliphatic heterocycles. The van der Waals surface area contributed by atoms with Crippen molar-refractivity contribution in [1.29, 1.82) is 0 Å². The molecule has 2 rings (SSSR count). The van der Waals surface area contributed by atoms with E-state index in [1.807, 2.05) is 0 Å². The van der Waals surface area contributed by atoms with E-state index in [0.717, 1.165) is 19.3 Å². The van der Waals surface area contributed by atoms with E-state index in [-0.39, 0.29) is 23.9 Å². The molecule has 5 heteroatoms. The second-order valence-corrected chi connectivity index (χ2v) is 6.97. The van der Waals surface area contributed by atoms with Gasteiger partial charge >= 0.3 is 12.0 Å². The first-order chi connectivity index (χ1) is 10.0. The molecule has 1 atom stereocenters. The quantitative estimate of drug-likeness (QED) is 0.838. The number of carboxylic acid groups (broad SMARTS) is 1. The van der Waals surface area contributed by atoms with E-state index < -0.39 is 5.97 Å². The average Bonchev–Trinajstić information content (AvgIpc) is 2.46. The number of carbonyl (C=O) groups excluding carboxylic acids is 1. The van der Waals surface area contributed by atoms with Crippen molar-refractivity contribution in [2.45, 2.75) is 70.8 Å². The molecule has 5 nitrogen and oxygen atoms in total. The fraction of sp³-hybridized carbons (Fsp3) is 0.875. The van der Waals surface area contributed by atoms with Crippen molar-refractivity contribution >= 4 is 12.0 Å². The zero-order valence-electron chi connectivity index (χ0n) is 13.1. The summed E-state index contributed by atoms with van der Waals surface area (Å²) in [5, 5.41) is 12.0. The Bertz CT molecular complexity index is 378. The van der Waals surface area contributed by atoms with Gasteiger partial charge in [0, 0.05) is 19.1 Å². The van der Waals surface area contributed by atoms with Gasteiger partial charge in [0.15, 0.2) is 0 Å². The van der Waals surface area contributed by atoms with Crippen LogP contribution in [0.25, 0.3) is 0 Å². The van der Waals surface area contributed by atoms with E-state index in [1.54, 1.807) is 4.90 Å². The van der Waals surface area contributed by atoms with Gasteiger partial charge in [0.25, 0.3) is 0 Å². The third kappa shape index (κ3) is 4.61. The lowest BCUT2D eigenvalue weighted by Crippen LogP contribution is -2.51. The van der Waals surface area contributed by atoms with Crippen molar-refractivity contribution in [2.75, 3.05) is 13.1 Å². The lowest BCUT2D eigenvalue weighted by Gasteiger charge is -2.38. The molecule has 2 amide bonds. The Morgan fingerprint density at radius 1 is 1.19 bits per heavy atom. The van der Waals surface area contributed by atoms with Crippen LogP contribution in [0.15, 0.2) is 0 Å². The summed E-state index contributed by atoms with van der Waals surface area (Å²) in [7, 11) is 0. The molecule has 1 unspecified atom stereocenters. The minimum atomic E-state index is -0.820. The lowest BCUT2D eigenvalue weighted by molar-refractivity contribution is -0.138. The molecule has 21 heavy (non-hydrogen) atoms. The van der Waals surface area contributed by atoms with Crippen LogP contribution in [0.4, 0.5) is 4.79 Å². The normalized spacial score (nSPS) is 25.4. The van der Waals surface area contributed by atoms with Crippen LogP contribution in [-0.2, 0) is 4.79 Å². The molecule has 2 aliphatic rings. The maximum atomic E-state index is 12.4. The maximum Gasteiger partial charge on any atom is 0.317 e. The number of hydrogen-bond acceptors (Lipinski definition) is 2. The van der Waals surface area contributed by atoms with E-state index in [0.29, 0.717) is 13.1 Å². The van der Waals surface area contributed by atoms with Gasteiger partial charge in [0.2, 0.25) is 0 Å². The summed E-state index contributed by atoms with van der Waals surface area (Å²) in [5.74, 6) is -0.820. The van der Waals surface area contributed by atoms with Crippen LogP contribution in [0.5, 0.6) is 0 Å². The Labute approximate surface area is 127 Å². The van der Waals surface area contributed by atoms with Crippen LogP contribution >= 0.6 is 0 Å².